The van der Waals surface area contributed by atoms with Crippen molar-refractivity contribution in [2.24, 2.45) is 17.4 Å². The number of rotatable bonds is 5. The van der Waals surface area contributed by atoms with Crippen molar-refractivity contribution in [3.8, 4) is 0 Å². The van der Waals surface area contributed by atoms with Gasteiger partial charge in [-0.25, -0.2) is 0 Å². The number of carbonyl (C=O) groups is 1. The molecule has 4 nitrogen and oxygen atoms in total. The zero-order valence-electron chi connectivity index (χ0n) is 11.5. The van der Waals surface area contributed by atoms with E-state index in [9.17, 15) is 18.0 Å². The molecular weight excluding hydrogens is 303 g/mol. The van der Waals surface area contributed by atoms with Gasteiger partial charge >= 0.3 is 6.18 Å². The van der Waals surface area contributed by atoms with Crippen LogP contribution in [0.2, 0.25) is 0 Å². The van der Waals surface area contributed by atoms with Crippen molar-refractivity contribution in [3.05, 3.63) is 29.3 Å². The second-order valence-electron chi connectivity index (χ2n) is 4.89. The third-order valence-electron chi connectivity index (χ3n) is 2.89. The number of carbonyl (C=O) groups excluding carboxylic acids is 1. The minimum atomic E-state index is -4.60. The first kappa shape index (κ1) is 17.2. The lowest BCUT2D eigenvalue weighted by Crippen LogP contribution is -2.39. The van der Waals surface area contributed by atoms with Crippen LogP contribution in [0.1, 0.15) is 25.0 Å². The summed E-state index contributed by atoms with van der Waals surface area (Å²) in [5.74, 6) is -0.816. The van der Waals surface area contributed by atoms with Crippen LogP contribution in [-0.2, 0) is 11.0 Å². The van der Waals surface area contributed by atoms with Crippen molar-refractivity contribution in [1.29, 1.82) is 0 Å². The average Bonchev–Trinajstić information content (AvgIpc) is 2.33. The Morgan fingerprint density at radius 3 is 2.24 bits per heavy atom. The number of hydrogen-bond donors (Lipinski definition) is 3. The Kier molecular flexibility index (Phi) is 5.16. The fourth-order valence-corrected chi connectivity index (χ4v) is 2.01. The summed E-state index contributed by atoms with van der Waals surface area (Å²) in [6.45, 7) is 3.47. The van der Waals surface area contributed by atoms with Gasteiger partial charge in [-0.2, -0.15) is 13.2 Å². The minimum Gasteiger partial charge on any atom is -0.389 e. The zero-order valence-corrected chi connectivity index (χ0v) is 12.3. The molecule has 1 unspecified atom stereocenters. The predicted octanol–water partition coefficient (Wildman–Crippen LogP) is 2.26. The van der Waals surface area contributed by atoms with Crippen molar-refractivity contribution in [3.63, 3.8) is 0 Å². The highest BCUT2D eigenvalue weighted by atomic mass is 32.1. The first-order chi connectivity index (χ1) is 9.54. The molecule has 0 spiro atoms. The molecule has 0 aliphatic carbocycles. The maximum atomic E-state index is 13.0. The van der Waals surface area contributed by atoms with E-state index < -0.39 is 23.7 Å². The summed E-state index contributed by atoms with van der Waals surface area (Å²) < 4.78 is 39.0. The van der Waals surface area contributed by atoms with Gasteiger partial charge in [0.1, 0.15) is 11.0 Å². The number of nitrogens with two attached hydrogens (primary N) is 2. The van der Waals surface area contributed by atoms with E-state index >= 15 is 0 Å². The van der Waals surface area contributed by atoms with Gasteiger partial charge in [0.15, 0.2) is 0 Å². The summed E-state index contributed by atoms with van der Waals surface area (Å²) in [5.41, 5.74) is 9.43. The van der Waals surface area contributed by atoms with Gasteiger partial charge in [0.05, 0.1) is 5.56 Å². The number of thiocarbonyl (C=S) groups is 1. The summed E-state index contributed by atoms with van der Waals surface area (Å²) in [6, 6.07) is 2.64. The second-order valence-corrected chi connectivity index (χ2v) is 5.33. The maximum Gasteiger partial charge on any atom is 0.417 e. The highest BCUT2D eigenvalue weighted by Gasteiger charge is 2.34. The molecule has 1 amide bonds. The molecule has 0 aliphatic rings. The maximum absolute atomic E-state index is 13.0. The molecule has 0 aromatic heterocycles. The fourth-order valence-electron chi connectivity index (χ4n) is 1.83. The van der Waals surface area contributed by atoms with Gasteiger partial charge in [-0.15, -0.1) is 0 Å². The Labute approximate surface area is 125 Å². The quantitative estimate of drug-likeness (QED) is 0.727. The third-order valence-corrected chi connectivity index (χ3v) is 3.11. The highest BCUT2D eigenvalue weighted by molar-refractivity contribution is 7.80. The van der Waals surface area contributed by atoms with E-state index in [1.807, 2.05) is 0 Å². The number of halogens is 3. The zero-order chi connectivity index (χ0) is 16.4. The van der Waals surface area contributed by atoms with Gasteiger partial charge in [0, 0.05) is 11.3 Å². The van der Waals surface area contributed by atoms with Gasteiger partial charge in [-0.05, 0) is 24.1 Å². The van der Waals surface area contributed by atoms with Crippen molar-refractivity contribution in [2.75, 3.05) is 5.32 Å². The number of alkyl halides is 3. The second kappa shape index (κ2) is 6.30. The van der Waals surface area contributed by atoms with Crippen molar-refractivity contribution in [1.82, 2.24) is 0 Å². The average molecular weight is 319 g/mol. The van der Waals surface area contributed by atoms with Gasteiger partial charge in [-0.3, -0.25) is 4.79 Å². The van der Waals surface area contributed by atoms with E-state index in [0.717, 1.165) is 6.07 Å². The first-order valence-corrected chi connectivity index (χ1v) is 6.51. The van der Waals surface area contributed by atoms with Crippen LogP contribution < -0.4 is 16.8 Å². The smallest absolute Gasteiger partial charge is 0.389 e. The Morgan fingerprint density at radius 2 is 1.86 bits per heavy atom. The standard InChI is InChI=1S/C13H16F3N3OS/c1-6(2)10(11(17)20)19-7-3-4-8(12(18)21)9(5-7)13(14,15)16/h3-6,10,19H,1-2H3,(H2,17,20)(H2,18,21). The monoisotopic (exact) mass is 319 g/mol. The van der Waals surface area contributed by atoms with E-state index in [-0.39, 0.29) is 22.2 Å². The molecule has 0 fully saturated rings. The molecule has 0 saturated carbocycles. The molecule has 8 heteroatoms. The molecule has 1 aromatic rings. The summed E-state index contributed by atoms with van der Waals surface area (Å²) >= 11 is 4.62. The van der Waals surface area contributed by atoms with E-state index in [0.29, 0.717) is 0 Å². The summed E-state index contributed by atoms with van der Waals surface area (Å²) in [4.78, 5) is 11.0. The van der Waals surface area contributed by atoms with Crippen molar-refractivity contribution < 1.29 is 18.0 Å². The lowest BCUT2D eigenvalue weighted by molar-refractivity contribution is -0.137. The Balaban J connectivity index is 3.23. The first-order valence-electron chi connectivity index (χ1n) is 6.11. The molecule has 5 N–H and O–H groups in total. The Bertz CT molecular complexity index is 558. The van der Waals surface area contributed by atoms with Crippen LogP contribution in [0, 0.1) is 5.92 Å². The summed E-state index contributed by atoms with van der Waals surface area (Å²) in [5, 5.41) is 2.70. The third kappa shape index (κ3) is 4.32. The van der Waals surface area contributed by atoms with Crippen LogP contribution in [0.5, 0.6) is 0 Å². The number of nitrogens with one attached hydrogen (secondary N) is 1. The molecule has 21 heavy (non-hydrogen) atoms. The van der Waals surface area contributed by atoms with E-state index in [1.165, 1.54) is 12.1 Å². The lowest BCUT2D eigenvalue weighted by Gasteiger charge is -2.21. The Morgan fingerprint density at radius 1 is 1.29 bits per heavy atom. The number of amides is 1. The van der Waals surface area contributed by atoms with Crippen LogP contribution in [0.4, 0.5) is 18.9 Å². The van der Waals surface area contributed by atoms with E-state index in [4.69, 9.17) is 11.5 Å². The molecule has 0 saturated heterocycles. The molecular formula is C13H16F3N3OS. The van der Waals surface area contributed by atoms with Crippen molar-refractivity contribution in [2.45, 2.75) is 26.1 Å². The summed E-state index contributed by atoms with van der Waals surface area (Å²) in [7, 11) is 0. The number of anilines is 1. The molecule has 1 aromatic carbocycles. The van der Waals surface area contributed by atoms with Gasteiger partial charge < -0.3 is 16.8 Å². The van der Waals surface area contributed by atoms with Crippen LogP contribution >= 0.6 is 12.2 Å². The molecule has 116 valence electrons. The largest absolute Gasteiger partial charge is 0.417 e. The lowest BCUT2D eigenvalue weighted by atomic mass is 10.0. The normalized spacial score (nSPS) is 13.0. The molecule has 0 radical (unpaired) electrons. The molecule has 0 bridgehead atoms. The number of primary amides is 1. The van der Waals surface area contributed by atoms with Crippen LogP contribution in [0.3, 0.4) is 0 Å². The number of benzene rings is 1. The fraction of sp³-hybridized carbons (Fsp3) is 0.385. The van der Waals surface area contributed by atoms with Crippen LogP contribution in [0.15, 0.2) is 18.2 Å². The molecule has 1 atom stereocenters. The Hall–Kier alpha value is -1.83. The molecule has 1 rings (SSSR count). The van der Waals surface area contributed by atoms with E-state index in [2.05, 4.69) is 17.5 Å². The van der Waals surface area contributed by atoms with Gasteiger partial charge in [0.25, 0.3) is 0 Å². The number of hydrogen-bond acceptors (Lipinski definition) is 3. The predicted molar refractivity (Wildman–Crippen MR) is 78.8 cm³/mol. The highest BCUT2D eigenvalue weighted by Crippen LogP contribution is 2.34. The minimum absolute atomic E-state index is 0.125. The SMILES string of the molecule is CC(C)C(Nc1ccc(C(N)=S)c(C(F)(F)F)c1)C(N)=O. The topological polar surface area (TPSA) is 81.1 Å². The molecule has 0 heterocycles. The molecule has 0 aliphatic heterocycles. The van der Waals surface area contributed by atoms with Crippen molar-refractivity contribution >= 4 is 28.8 Å². The van der Waals surface area contributed by atoms with E-state index in [1.54, 1.807) is 13.8 Å². The van der Waals surface area contributed by atoms with Crippen LogP contribution in [-0.4, -0.2) is 16.9 Å². The van der Waals surface area contributed by atoms with Gasteiger partial charge in [0.2, 0.25) is 5.91 Å². The van der Waals surface area contributed by atoms with Gasteiger partial charge in [-0.1, -0.05) is 26.1 Å². The summed E-state index contributed by atoms with van der Waals surface area (Å²) in [6.07, 6.45) is -4.60. The van der Waals surface area contributed by atoms with Crippen LogP contribution in [0.25, 0.3) is 0 Å².